The van der Waals surface area contributed by atoms with E-state index in [9.17, 15) is 0 Å². The lowest BCUT2D eigenvalue weighted by Crippen LogP contribution is -2.26. The van der Waals surface area contributed by atoms with E-state index < -0.39 is 0 Å². The lowest BCUT2D eigenvalue weighted by molar-refractivity contribution is 0.305. The molecule has 19 heavy (non-hydrogen) atoms. The summed E-state index contributed by atoms with van der Waals surface area (Å²) < 4.78 is 5.49. The van der Waals surface area contributed by atoms with Crippen molar-refractivity contribution in [2.45, 2.75) is 44.4 Å². The van der Waals surface area contributed by atoms with Gasteiger partial charge in [0.2, 0.25) is 5.88 Å². The molecule has 2 unspecified atom stereocenters. The second-order valence-corrected chi connectivity index (χ2v) is 5.59. The highest BCUT2D eigenvalue weighted by molar-refractivity contribution is 6.20. The average Bonchev–Trinajstić information content (AvgIpc) is 2.45. The summed E-state index contributed by atoms with van der Waals surface area (Å²) in [7, 11) is 0. The van der Waals surface area contributed by atoms with Gasteiger partial charge in [-0.15, -0.1) is 11.6 Å². The summed E-state index contributed by atoms with van der Waals surface area (Å²) in [5, 5.41) is 3.64. The van der Waals surface area contributed by atoms with Crippen LogP contribution < -0.4 is 10.1 Å². The van der Waals surface area contributed by atoms with Crippen molar-refractivity contribution in [3.05, 3.63) is 12.4 Å². The van der Waals surface area contributed by atoms with E-state index >= 15 is 0 Å². The third-order valence-electron chi connectivity index (χ3n) is 3.46. The summed E-state index contributed by atoms with van der Waals surface area (Å²) >= 11 is 6.35. The topological polar surface area (TPSA) is 47.0 Å². The van der Waals surface area contributed by atoms with Crippen molar-refractivity contribution < 1.29 is 4.74 Å². The monoisotopic (exact) mass is 283 g/mol. The first kappa shape index (κ1) is 14.4. The van der Waals surface area contributed by atoms with Gasteiger partial charge in [-0.25, -0.2) is 9.97 Å². The SMILES string of the molecule is CCCOc1cc(NCC2CCCCC2Cl)ncn1. The van der Waals surface area contributed by atoms with Gasteiger partial charge in [0.05, 0.1) is 6.61 Å². The molecule has 1 aromatic heterocycles. The van der Waals surface area contributed by atoms with Crippen molar-refractivity contribution in [2.75, 3.05) is 18.5 Å². The molecule has 4 nitrogen and oxygen atoms in total. The lowest BCUT2D eigenvalue weighted by Gasteiger charge is -2.27. The molecule has 1 N–H and O–H groups in total. The number of alkyl halides is 1. The predicted molar refractivity (Wildman–Crippen MR) is 77.9 cm³/mol. The van der Waals surface area contributed by atoms with Crippen LogP contribution in [0.5, 0.6) is 5.88 Å². The number of halogens is 1. The first-order valence-electron chi connectivity index (χ1n) is 7.12. The zero-order valence-corrected chi connectivity index (χ0v) is 12.2. The fraction of sp³-hybridized carbons (Fsp3) is 0.714. The zero-order valence-electron chi connectivity index (χ0n) is 11.4. The van der Waals surface area contributed by atoms with Crippen LogP contribution in [0.3, 0.4) is 0 Å². The molecule has 1 heterocycles. The highest BCUT2D eigenvalue weighted by atomic mass is 35.5. The smallest absolute Gasteiger partial charge is 0.218 e. The standard InChI is InChI=1S/C14H22ClN3O/c1-2-7-19-14-8-13(17-10-18-14)16-9-11-5-3-4-6-12(11)15/h8,10-12H,2-7,9H2,1H3,(H,16,17,18). The molecule has 0 spiro atoms. The molecule has 5 heteroatoms. The summed E-state index contributed by atoms with van der Waals surface area (Å²) in [4.78, 5) is 8.30. The summed E-state index contributed by atoms with van der Waals surface area (Å²) in [5.74, 6) is 1.98. The first-order chi connectivity index (χ1) is 9.29. The highest BCUT2D eigenvalue weighted by Gasteiger charge is 2.22. The Balaban J connectivity index is 1.84. The number of anilines is 1. The van der Waals surface area contributed by atoms with Crippen molar-refractivity contribution in [3.63, 3.8) is 0 Å². The third kappa shape index (κ3) is 4.53. The van der Waals surface area contributed by atoms with E-state index in [0.717, 1.165) is 25.2 Å². The number of hydrogen-bond acceptors (Lipinski definition) is 4. The van der Waals surface area contributed by atoms with E-state index in [-0.39, 0.29) is 0 Å². The van der Waals surface area contributed by atoms with Gasteiger partial charge < -0.3 is 10.1 Å². The molecule has 1 saturated carbocycles. The molecule has 1 aromatic rings. The number of rotatable bonds is 6. The van der Waals surface area contributed by atoms with E-state index in [1.165, 1.54) is 25.6 Å². The van der Waals surface area contributed by atoms with Crippen molar-refractivity contribution in [1.29, 1.82) is 0 Å². The molecule has 0 saturated heterocycles. The van der Waals surface area contributed by atoms with Gasteiger partial charge in [-0.3, -0.25) is 0 Å². The van der Waals surface area contributed by atoms with Gasteiger partial charge in [0.15, 0.2) is 0 Å². The molecule has 1 fully saturated rings. The van der Waals surface area contributed by atoms with E-state index in [4.69, 9.17) is 16.3 Å². The number of nitrogens with zero attached hydrogens (tertiary/aromatic N) is 2. The van der Waals surface area contributed by atoms with Gasteiger partial charge in [-0.05, 0) is 25.2 Å². The average molecular weight is 284 g/mol. The maximum Gasteiger partial charge on any atom is 0.218 e. The first-order valence-corrected chi connectivity index (χ1v) is 7.56. The van der Waals surface area contributed by atoms with Crippen LogP contribution in [0.25, 0.3) is 0 Å². The van der Waals surface area contributed by atoms with Crippen LogP contribution in [-0.4, -0.2) is 28.5 Å². The number of hydrogen-bond donors (Lipinski definition) is 1. The Labute approximate surface area is 119 Å². The Morgan fingerprint density at radius 1 is 1.37 bits per heavy atom. The zero-order chi connectivity index (χ0) is 13.5. The summed E-state index contributed by atoms with van der Waals surface area (Å²) in [5.41, 5.74) is 0. The van der Waals surface area contributed by atoms with Crippen molar-refractivity contribution in [2.24, 2.45) is 5.92 Å². The van der Waals surface area contributed by atoms with Crippen molar-refractivity contribution >= 4 is 17.4 Å². The Morgan fingerprint density at radius 3 is 3.00 bits per heavy atom. The number of aromatic nitrogens is 2. The van der Waals surface area contributed by atoms with Gasteiger partial charge in [-0.2, -0.15) is 0 Å². The van der Waals surface area contributed by atoms with Gasteiger partial charge in [0, 0.05) is 18.0 Å². The molecule has 106 valence electrons. The Hall–Kier alpha value is -1.03. The molecule has 2 rings (SSSR count). The summed E-state index contributed by atoms with van der Waals surface area (Å²) in [6.45, 7) is 3.63. The highest BCUT2D eigenvalue weighted by Crippen LogP contribution is 2.28. The summed E-state index contributed by atoms with van der Waals surface area (Å²) in [6.07, 6.45) is 7.38. The molecule has 0 aliphatic heterocycles. The molecule has 1 aliphatic rings. The quantitative estimate of drug-likeness (QED) is 0.812. The Morgan fingerprint density at radius 2 is 2.21 bits per heavy atom. The number of ether oxygens (including phenoxy) is 1. The van der Waals surface area contributed by atoms with E-state index in [0.29, 0.717) is 23.8 Å². The minimum absolute atomic E-state index is 0.291. The van der Waals surface area contributed by atoms with Crippen molar-refractivity contribution in [1.82, 2.24) is 9.97 Å². The molecule has 0 bridgehead atoms. The maximum absolute atomic E-state index is 6.35. The van der Waals surface area contributed by atoms with Crippen LogP contribution in [0.1, 0.15) is 39.0 Å². The van der Waals surface area contributed by atoms with Gasteiger partial charge in [-0.1, -0.05) is 19.8 Å². The Bertz CT molecular complexity index is 389. The molecule has 0 radical (unpaired) electrons. The number of nitrogens with one attached hydrogen (secondary N) is 1. The van der Waals surface area contributed by atoms with E-state index in [1.54, 1.807) is 0 Å². The second-order valence-electron chi connectivity index (χ2n) is 5.03. The van der Waals surface area contributed by atoms with Gasteiger partial charge in [0.25, 0.3) is 0 Å². The molecule has 0 amide bonds. The lowest BCUT2D eigenvalue weighted by atomic mass is 9.89. The van der Waals surface area contributed by atoms with Gasteiger partial charge in [0.1, 0.15) is 12.1 Å². The predicted octanol–water partition coefficient (Wildman–Crippen LogP) is 3.47. The van der Waals surface area contributed by atoms with Crippen molar-refractivity contribution in [3.8, 4) is 5.88 Å². The molecular formula is C14H22ClN3O. The minimum Gasteiger partial charge on any atom is -0.478 e. The van der Waals surface area contributed by atoms with Crippen LogP contribution in [-0.2, 0) is 0 Å². The Kier molecular flexibility index (Phi) is 5.70. The second kappa shape index (κ2) is 7.53. The normalized spacial score (nSPS) is 23.1. The third-order valence-corrected chi connectivity index (χ3v) is 4.03. The van der Waals surface area contributed by atoms with Crippen LogP contribution in [0.2, 0.25) is 0 Å². The maximum atomic E-state index is 6.35. The minimum atomic E-state index is 0.291. The molecule has 1 aliphatic carbocycles. The van der Waals surface area contributed by atoms with Crippen LogP contribution in [0, 0.1) is 5.92 Å². The molecule has 0 aromatic carbocycles. The fourth-order valence-electron chi connectivity index (χ4n) is 2.35. The van der Waals surface area contributed by atoms with Crippen LogP contribution in [0.4, 0.5) is 5.82 Å². The van der Waals surface area contributed by atoms with Crippen LogP contribution in [0.15, 0.2) is 12.4 Å². The fourth-order valence-corrected chi connectivity index (χ4v) is 2.72. The van der Waals surface area contributed by atoms with E-state index in [1.807, 2.05) is 6.07 Å². The molecular weight excluding hydrogens is 262 g/mol. The molecule has 2 atom stereocenters. The largest absolute Gasteiger partial charge is 0.478 e. The summed E-state index contributed by atoms with van der Waals surface area (Å²) in [6, 6.07) is 1.85. The van der Waals surface area contributed by atoms with E-state index in [2.05, 4.69) is 22.2 Å². The van der Waals surface area contributed by atoms with Crippen LogP contribution >= 0.6 is 11.6 Å². The van der Waals surface area contributed by atoms with Gasteiger partial charge >= 0.3 is 0 Å².